The minimum Gasteiger partial charge on any atom is -0.462 e. The zero-order valence-corrected chi connectivity index (χ0v) is 17.0. The van der Waals surface area contributed by atoms with Crippen LogP contribution in [0.25, 0.3) is 0 Å². The molecule has 1 saturated carbocycles. The molecule has 0 bridgehead atoms. The third kappa shape index (κ3) is 10.9. The summed E-state index contributed by atoms with van der Waals surface area (Å²) in [5, 5.41) is 10.1. The lowest BCUT2D eigenvalue weighted by Crippen LogP contribution is -2.50. The number of ether oxygens (including phenoxy) is 1. The van der Waals surface area contributed by atoms with Crippen molar-refractivity contribution in [3.63, 3.8) is 0 Å². The first-order chi connectivity index (χ1) is 11.9. The number of likely N-dealkylation sites (N-methyl/N-ethyl adjacent to an activating group) is 1. The molecule has 0 saturated heterocycles. The van der Waals surface area contributed by atoms with E-state index in [0.717, 1.165) is 38.6 Å². The maximum absolute atomic E-state index is 12.1. The number of aliphatic hydroxyl groups excluding tert-OH is 1. The molecule has 25 heavy (non-hydrogen) atoms. The molecule has 0 spiro atoms. The van der Waals surface area contributed by atoms with E-state index in [2.05, 4.69) is 21.0 Å². The molecule has 0 unspecified atom stereocenters. The molecule has 0 aromatic heterocycles. The first-order valence-electron chi connectivity index (χ1n) is 10.6. The van der Waals surface area contributed by atoms with Gasteiger partial charge in [-0.3, -0.25) is 0 Å². The molecule has 4 heteroatoms. The van der Waals surface area contributed by atoms with Crippen LogP contribution in [0, 0.1) is 5.92 Å². The minimum atomic E-state index is -0.195. The van der Waals surface area contributed by atoms with Gasteiger partial charge in [0, 0.05) is 5.92 Å². The summed E-state index contributed by atoms with van der Waals surface area (Å²) in [5.74, 6) is 0.225. The van der Waals surface area contributed by atoms with Crippen molar-refractivity contribution in [2.45, 2.75) is 90.1 Å². The molecular weight excluding hydrogens is 314 g/mol. The summed E-state index contributed by atoms with van der Waals surface area (Å²) in [6.07, 6.45) is 14.2. The van der Waals surface area contributed by atoms with Gasteiger partial charge in [0.1, 0.15) is 0 Å². The number of esters is 1. The number of quaternary nitrogens is 1. The Morgan fingerprint density at radius 2 is 1.60 bits per heavy atom. The Morgan fingerprint density at radius 3 is 2.24 bits per heavy atom. The van der Waals surface area contributed by atoms with Crippen molar-refractivity contribution in [3.8, 4) is 0 Å². The van der Waals surface area contributed by atoms with E-state index >= 15 is 0 Å². The number of carbonyl (C=O) groups is 1. The van der Waals surface area contributed by atoms with Crippen LogP contribution < -0.4 is 0 Å². The molecule has 1 N–H and O–H groups in total. The van der Waals surface area contributed by atoms with Gasteiger partial charge in [0.25, 0.3) is 0 Å². The monoisotopic (exact) mass is 356 g/mol. The fraction of sp³-hybridized carbons (Fsp3) is 0.952. The molecule has 0 radical (unpaired) electrons. The Morgan fingerprint density at radius 1 is 1.00 bits per heavy atom. The molecule has 0 aliphatic heterocycles. The number of hydrogen-bond donors (Lipinski definition) is 1. The number of carbonyl (C=O) groups excluding carboxylic acids is 1. The van der Waals surface area contributed by atoms with E-state index in [9.17, 15) is 9.90 Å². The standard InChI is InChI=1S/C21H42NO3/c1-4-5-6-7-8-9-10-13-16-25-21(24)18-22(2,3)17-19-14-11-12-15-20(19)23/h19-20,23H,4-18H2,1-3H3/q+1/t19-,20-/m0/s1. The maximum atomic E-state index is 12.1. The van der Waals surface area contributed by atoms with Gasteiger partial charge in [-0.15, -0.1) is 0 Å². The third-order valence-corrected chi connectivity index (χ3v) is 5.42. The minimum absolute atomic E-state index is 0.0988. The summed E-state index contributed by atoms with van der Waals surface area (Å²) in [5.41, 5.74) is 0. The van der Waals surface area contributed by atoms with Crippen LogP contribution in [0.2, 0.25) is 0 Å². The molecule has 4 nitrogen and oxygen atoms in total. The quantitative estimate of drug-likeness (QED) is 0.304. The SMILES string of the molecule is CCCCCCCCCCOC(=O)C[N+](C)(C)C[C@@H]1CCCC[C@@H]1O. The van der Waals surface area contributed by atoms with Gasteiger partial charge in [-0.05, 0) is 19.3 Å². The second kappa shape index (κ2) is 12.7. The topological polar surface area (TPSA) is 46.5 Å². The average molecular weight is 357 g/mol. The Hall–Kier alpha value is -0.610. The van der Waals surface area contributed by atoms with E-state index in [1.165, 1.54) is 44.9 Å². The van der Waals surface area contributed by atoms with Gasteiger partial charge in [0.2, 0.25) is 0 Å². The van der Waals surface area contributed by atoms with Gasteiger partial charge in [-0.2, -0.15) is 0 Å². The van der Waals surface area contributed by atoms with Crippen molar-refractivity contribution < 1.29 is 19.1 Å². The van der Waals surface area contributed by atoms with Crippen molar-refractivity contribution in [2.75, 3.05) is 33.8 Å². The maximum Gasteiger partial charge on any atom is 0.361 e. The van der Waals surface area contributed by atoms with E-state index in [1.54, 1.807) is 0 Å². The molecule has 2 atom stereocenters. The molecule has 148 valence electrons. The predicted molar refractivity (Wildman–Crippen MR) is 103 cm³/mol. The van der Waals surface area contributed by atoms with E-state index < -0.39 is 0 Å². The molecule has 0 amide bonds. The van der Waals surface area contributed by atoms with Gasteiger partial charge in [0.05, 0.1) is 33.4 Å². The fourth-order valence-electron chi connectivity index (χ4n) is 3.92. The number of aliphatic hydroxyl groups is 1. The fourth-order valence-corrected chi connectivity index (χ4v) is 3.92. The largest absolute Gasteiger partial charge is 0.462 e. The number of unbranched alkanes of at least 4 members (excludes halogenated alkanes) is 7. The second-order valence-corrected chi connectivity index (χ2v) is 8.58. The smallest absolute Gasteiger partial charge is 0.361 e. The summed E-state index contributed by atoms with van der Waals surface area (Å²) in [7, 11) is 4.14. The Balaban J connectivity index is 2.08. The first kappa shape index (κ1) is 22.4. The van der Waals surface area contributed by atoms with Crippen LogP contribution in [0.4, 0.5) is 0 Å². The molecule has 1 aliphatic rings. The van der Waals surface area contributed by atoms with Crippen molar-refractivity contribution in [1.82, 2.24) is 0 Å². The summed E-state index contributed by atoms with van der Waals surface area (Å²) in [6.45, 7) is 4.06. The average Bonchev–Trinajstić information content (AvgIpc) is 2.55. The Kier molecular flexibility index (Phi) is 11.4. The van der Waals surface area contributed by atoms with Crippen LogP contribution in [-0.2, 0) is 9.53 Å². The number of rotatable bonds is 13. The summed E-state index contributed by atoms with van der Waals surface area (Å²) >= 11 is 0. The molecular formula is C21H42NO3+. The van der Waals surface area contributed by atoms with Crippen molar-refractivity contribution in [3.05, 3.63) is 0 Å². The van der Waals surface area contributed by atoms with Crippen LogP contribution >= 0.6 is 0 Å². The van der Waals surface area contributed by atoms with Gasteiger partial charge >= 0.3 is 5.97 Å². The first-order valence-corrected chi connectivity index (χ1v) is 10.6. The van der Waals surface area contributed by atoms with E-state index in [4.69, 9.17) is 4.74 Å². The lowest BCUT2D eigenvalue weighted by molar-refractivity contribution is -0.887. The summed E-state index contributed by atoms with van der Waals surface area (Å²) in [6, 6.07) is 0. The molecule has 0 aromatic carbocycles. The Bertz CT molecular complexity index is 357. The van der Waals surface area contributed by atoms with Gasteiger partial charge < -0.3 is 14.3 Å². The predicted octanol–water partition coefficient (Wildman–Crippen LogP) is 4.30. The van der Waals surface area contributed by atoms with E-state index in [-0.39, 0.29) is 12.1 Å². The molecule has 0 heterocycles. The second-order valence-electron chi connectivity index (χ2n) is 8.58. The van der Waals surface area contributed by atoms with Crippen LogP contribution in [0.1, 0.15) is 84.0 Å². The zero-order chi connectivity index (χ0) is 18.5. The molecule has 0 aromatic rings. The summed E-state index contributed by atoms with van der Waals surface area (Å²) in [4.78, 5) is 12.1. The highest BCUT2D eigenvalue weighted by molar-refractivity contribution is 5.70. The highest BCUT2D eigenvalue weighted by Crippen LogP contribution is 2.26. The lowest BCUT2D eigenvalue weighted by Gasteiger charge is -2.36. The van der Waals surface area contributed by atoms with Crippen LogP contribution in [0.5, 0.6) is 0 Å². The third-order valence-electron chi connectivity index (χ3n) is 5.42. The molecule has 1 rings (SSSR count). The zero-order valence-electron chi connectivity index (χ0n) is 17.0. The van der Waals surface area contributed by atoms with Crippen LogP contribution in [-0.4, -0.2) is 55.5 Å². The highest BCUT2D eigenvalue weighted by atomic mass is 16.5. The van der Waals surface area contributed by atoms with Crippen molar-refractivity contribution in [2.24, 2.45) is 5.92 Å². The van der Waals surface area contributed by atoms with E-state index in [1.807, 2.05) is 0 Å². The molecule has 1 aliphatic carbocycles. The van der Waals surface area contributed by atoms with Gasteiger partial charge in [-0.1, -0.05) is 64.7 Å². The normalized spacial score (nSPS) is 21.3. The van der Waals surface area contributed by atoms with Crippen LogP contribution in [0.15, 0.2) is 0 Å². The van der Waals surface area contributed by atoms with Gasteiger partial charge in [-0.25, -0.2) is 4.79 Å². The molecule has 1 fully saturated rings. The Labute approximate surface area is 155 Å². The van der Waals surface area contributed by atoms with E-state index in [0.29, 0.717) is 23.6 Å². The van der Waals surface area contributed by atoms with Crippen molar-refractivity contribution >= 4 is 5.97 Å². The van der Waals surface area contributed by atoms with Crippen LogP contribution in [0.3, 0.4) is 0 Å². The summed E-state index contributed by atoms with van der Waals surface area (Å²) < 4.78 is 6.03. The number of nitrogens with zero attached hydrogens (tertiary/aromatic N) is 1. The highest BCUT2D eigenvalue weighted by Gasteiger charge is 2.31. The lowest BCUT2D eigenvalue weighted by atomic mass is 9.86. The van der Waals surface area contributed by atoms with Crippen molar-refractivity contribution in [1.29, 1.82) is 0 Å². The van der Waals surface area contributed by atoms with Gasteiger partial charge in [0.15, 0.2) is 6.54 Å². The number of hydrogen-bond acceptors (Lipinski definition) is 3.